The molecule has 0 heterocycles. The van der Waals surface area contributed by atoms with Gasteiger partial charge in [0.15, 0.2) is 0 Å². The maximum absolute atomic E-state index is 11.7. The molecule has 0 unspecified atom stereocenters. The molecule has 0 saturated carbocycles. The summed E-state index contributed by atoms with van der Waals surface area (Å²) in [6, 6.07) is 0. The highest BCUT2D eigenvalue weighted by molar-refractivity contribution is 5.79. The van der Waals surface area contributed by atoms with Crippen LogP contribution in [0.25, 0.3) is 0 Å². The molecule has 1 atom stereocenters. The highest BCUT2D eigenvalue weighted by Crippen LogP contribution is 2.20. The average molecular weight is 230 g/mol. The van der Waals surface area contributed by atoms with Gasteiger partial charge in [-0.1, -0.05) is 13.8 Å². The molecule has 0 bridgehead atoms. The van der Waals surface area contributed by atoms with E-state index in [1.54, 1.807) is 20.8 Å². The number of hydrogen-bond acceptors (Lipinski definition) is 3. The highest BCUT2D eigenvalue weighted by Gasteiger charge is 2.27. The molecule has 0 fully saturated rings. The van der Waals surface area contributed by atoms with E-state index in [1.165, 1.54) is 0 Å². The first-order valence-electron chi connectivity index (χ1n) is 5.56. The molecular weight excluding hydrogens is 208 g/mol. The Kier molecular flexibility index (Phi) is 5.48. The monoisotopic (exact) mass is 230 g/mol. The largest absolute Gasteiger partial charge is 0.481 e. The van der Waals surface area contributed by atoms with Crippen molar-refractivity contribution in [2.45, 2.75) is 53.1 Å². The number of carbonyl (C=O) groups excluding carboxylic acids is 1. The maximum atomic E-state index is 11.7. The van der Waals surface area contributed by atoms with Gasteiger partial charge in [-0.05, 0) is 33.1 Å². The van der Waals surface area contributed by atoms with E-state index in [0.29, 0.717) is 6.42 Å². The third kappa shape index (κ3) is 7.26. The van der Waals surface area contributed by atoms with Crippen LogP contribution in [0.2, 0.25) is 0 Å². The van der Waals surface area contributed by atoms with Crippen molar-refractivity contribution >= 4 is 11.9 Å². The Morgan fingerprint density at radius 1 is 1.25 bits per heavy atom. The van der Waals surface area contributed by atoms with Crippen LogP contribution in [0.5, 0.6) is 0 Å². The van der Waals surface area contributed by atoms with E-state index in [9.17, 15) is 9.59 Å². The summed E-state index contributed by atoms with van der Waals surface area (Å²) in [7, 11) is 0. The van der Waals surface area contributed by atoms with Crippen molar-refractivity contribution in [1.82, 2.24) is 0 Å². The number of esters is 1. The van der Waals surface area contributed by atoms with Gasteiger partial charge in [0.25, 0.3) is 0 Å². The fourth-order valence-corrected chi connectivity index (χ4v) is 1.43. The summed E-state index contributed by atoms with van der Waals surface area (Å²) in [5.41, 5.74) is -0.565. The molecule has 0 radical (unpaired) electrons. The molecule has 0 amide bonds. The van der Waals surface area contributed by atoms with Crippen LogP contribution in [0.3, 0.4) is 0 Å². The Bertz CT molecular complexity index is 250. The second-order valence-electron chi connectivity index (χ2n) is 5.46. The smallest absolute Gasteiger partial charge is 0.310 e. The topological polar surface area (TPSA) is 63.6 Å². The summed E-state index contributed by atoms with van der Waals surface area (Å²) >= 11 is 0. The summed E-state index contributed by atoms with van der Waals surface area (Å²) in [6.45, 7) is 9.24. The maximum Gasteiger partial charge on any atom is 0.310 e. The molecule has 0 aliphatic heterocycles. The molecule has 0 aromatic rings. The molecule has 0 aromatic carbocycles. The minimum Gasteiger partial charge on any atom is -0.481 e. The van der Waals surface area contributed by atoms with Crippen LogP contribution in [0.1, 0.15) is 47.5 Å². The molecule has 16 heavy (non-hydrogen) atoms. The summed E-state index contributed by atoms with van der Waals surface area (Å²) in [5.74, 6) is -1.64. The second-order valence-corrected chi connectivity index (χ2v) is 5.46. The fraction of sp³-hybridized carbons (Fsp3) is 0.833. The predicted octanol–water partition coefficient (Wildman–Crippen LogP) is 2.47. The Labute approximate surface area is 97.0 Å². The van der Waals surface area contributed by atoms with Gasteiger partial charge >= 0.3 is 11.9 Å². The Hall–Kier alpha value is -1.06. The third-order valence-electron chi connectivity index (χ3n) is 1.92. The van der Waals surface area contributed by atoms with Crippen LogP contribution in [0, 0.1) is 11.8 Å². The van der Waals surface area contributed by atoms with Gasteiger partial charge in [-0.2, -0.15) is 0 Å². The standard InChI is InChI=1S/C12H22O4/c1-8(2)6-9(7-10(13)14)11(15)16-12(3,4)5/h8-9H,6-7H2,1-5H3,(H,13,14)/t9-/m1/s1. The van der Waals surface area contributed by atoms with E-state index in [4.69, 9.17) is 9.84 Å². The van der Waals surface area contributed by atoms with E-state index in [2.05, 4.69) is 0 Å². The van der Waals surface area contributed by atoms with E-state index < -0.39 is 23.5 Å². The average Bonchev–Trinajstić information content (AvgIpc) is 1.97. The number of carboxylic acids is 1. The summed E-state index contributed by atoms with van der Waals surface area (Å²) in [4.78, 5) is 22.4. The van der Waals surface area contributed by atoms with Gasteiger partial charge in [-0.25, -0.2) is 0 Å². The zero-order chi connectivity index (χ0) is 12.9. The normalized spacial score (nSPS) is 13.6. The summed E-state index contributed by atoms with van der Waals surface area (Å²) in [5, 5.41) is 8.74. The van der Waals surface area contributed by atoms with Crippen LogP contribution in [0.4, 0.5) is 0 Å². The Morgan fingerprint density at radius 3 is 2.06 bits per heavy atom. The van der Waals surface area contributed by atoms with Gasteiger partial charge in [-0.15, -0.1) is 0 Å². The lowest BCUT2D eigenvalue weighted by Crippen LogP contribution is -2.30. The van der Waals surface area contributed by atoms with Gasteiger partial charge in [0.05, 0.1) is 12.3 Å². The third-order valence-corrected chi connectivity index (χ3v) is 1.92. The van der Waals surface area contributed by atoms with Crippen molar-refractivity contribution in [1.29, 1.82) is 0 Å². The molecule has 4 nitrogen and oxygen atoms in total. The van der Waals surface area contributed by atoms with E-state index in [1.807, 2.05) is 13.8 Å². The fourth-order valence-electron chi connectivity index (χ4n) is 1.43. The predicted molar refractivity (Wildman–Crippen MR) is 61.0 cm³/mol. The Balaban J connectivity index is 4.49. The number of rotatable bonds is 5. The number of hydrogen-bond donors (Lipinski definition) is 1. The summed E-state index contributed by atoms with van der Waals surface area (Å²) < 4.78 is 5.20. The molecule has 0 spiro atoms. The van der Waals surface area contributed by atoms with Gasteiger partial charge in [0.2, 0.25) is 0 Å². The van der Waals surface area contributed by atoms with Crippen molar-refractivity contribution in [3.8, 4) is 0 Å². The van der Waals surface area contributed by atoms with E-state index >= 15 is 0 Å². The molecule has 0 aliphatic carbocycles. The van der Waals surface area contributed by atoms with E-state index in [-0.39, 0.29) is 12.3 Å². The molecular formula is C12H22O4. The molecule has 0 saturated heterocycles. The highest BCUT2D eigenvalue weighted by atomic mass is 16.6. The molecule has 1 N–H and O–H groups in total. The quantitative estimate of drug-likeness (QED) is 0.737. The van der Waals surface area contributed by atoms with Crippen LogP contribution in [-0.4, -0.2) is 22.6 Å². The SMILES string of the molecule is CC(C)C[C@H](CC(=O)O)C(=O)OC(C)(C)C. The van der Waals surface area contributed by atoms with Crippen LogP contribution < -0.4 is 0 Å². The van der Waals surface area contributed by atoms with Crippen molar-refractivity contribution in [3.05, 3.63) is 0 Å². The van der Waals surface area contributed by atoms with Gasteiger partial charge in [0.1, 0.15) is 5.60 Å². The summed E-state index contributed by atoms with van der Waals surface area (Å²) in [6.07, 6.45) is 0.383. The molecule has 0 aliphatic rings. The number of ether oxygens (including phenoxy) is 1. The van der Waals surface area contributed by atoms with Crippen molar-refractivity contribution < 1.29 is 19.4 Å². The molecule has 94 valence electrons. The van der Waals surface area contributed by atoms with E-state index in [0.717, 1.165) is 0 Å². The van der Waals surface area contributed by atoms with Gasteiger partial charge in [-0.3, -0.25) is 9.59 Å². The lowest BCUT2D eigenvalue weighted by molar-refractivity contribution is -0.163. The minimum atomic E-state index is -0.962. The molecule has 0 aromatic heterocycles. The zero-order valence-corrected chi connectivity index (χ0v) is 10.7. The van der Waals surface area contributed by atoms with Crippen molar-refractivity contribution in [2.75, 3.05) is 0 Å². The number of carbonyl (C=O) groups is 2. The number of aliphatic carboxylic acids is 1. The van der Waals surface area contributed by atoms with Crippen LogP contribution >= 0.6 is 0 Å². The minimum absolute atomic E-state index is 0.160. The zero-order valence-electron chi connectivity index (χ0n) is 10.7. The van der Waals surface area contributed by atoms with Crippen molar-refractivity contribution in [3.63, 3.8) is 0 Å². The first-order valence-corrected chi connectivity index (χ1v) is 5.56. The molecule has 0 rings (SSSR count). The number of carboxylic acid groups (broad SMARTS) is 1. The van der Waals surface area contributed by atoms with Crippen molar-refractivity contribution in [2.24, 2.45) is 11.8 Å². The van der Waals surface area contributed by atoms with Crippen LogP contribution in [0.15, 0.2) is 0 Å². The Morgan fingerprint density at radius 2 is 1.75 bits per heavy atom. The first-order chi connectivity index (χ1) is 7.11. The van der Waals surface area contributed by atoms with Gasteiger partial charge in [0, 0.05) is 0 Å². The second kappa shape index (κ2) is 5.87. The lowest BCUT2D eigenvalue weighted by atomic mass is 9.94. The molecule has 4 heteroatoms. The lowest BCUT2D eigenvalue weighted by Gasteiger charge is -2.24. The van der Waals surface area contributed by atoms with Gasteiger partial charge < -0.3 is 9.84 Å². The first kappa shape index (κ1) is 14.9. The van der Waals surface area contributed by atoms with Crippen LogP contribution in [-0.2, 0) is 14.3 Å².